The number of hydrazine groups is 1. The number of rotatable bonds is 1. The first-order valence-corrected chi connectivity index (χ1v) is 7.45. The number of carbonyl (C=O) groups excluding carboxylic acids is 2. The van der Waals surface area contributed by atoms with Gasteiger partial charge in [-0.3, -0.25) is 15.0 Å². The molecule has 104 valence electrons. The van der Waals surface area contributed by atoms with E-state index in [1.807, 2.05) is 12.1 Å². The average molecular weight is 316 g/mol. The maximum atomic E-state index is 12.4. The van der Waals surface area contributed by atoms with Crippen molar-refractivity contribution in [3.8, 4) is 6.07 Å². The van der Waals surface area contributed by atoms with Crippen molar-refractivity contribution in [3.63, 3.8) is 0 Å². The first kappa shape index (κ1) is 13.6. The number of hydrogen-bond donors (Lipinski definition) is 2. The molecule has 0 unspecified atom stereocenters. The second-order valence-corrected chi connectivity index (χ2v) is 6.42. The van der Waals surface area contributed by atoms with E-state index in [0.29, 0.717) is 19.9 Å². The Kier molecular flexibility index (Phi) is 3.37. The van der Waals surface area contributed by atoms with Gasteiger partial charge in [-0.05, 0) is 12.1 Å². The number of nitrogens with zero attached hydrogens (tertiary/aromatic N) is 2. The van der Waals surface area contributed by atoms with Crippen molar-refractivity contribution in [1.29, 1.82) is 5.26 Å². The van der Waals surface area contributed by atoms with Crippen molar-refractivity contribution in [2.24, 2.45) is 5.73 Å². The van der Waals surface area contributed by atoms with E-state index in [1.54, 1.807) is 24.3 Å². The van der Waals surface area contributed by atoms with Gasteiger partial charge in [-0.2, -0.15) is 5.26 Å². The maximum absolute atomic E-state index is 12.4. The standard InChI is InChI=1S/C13H8N4O2S2/c14-6-8-10(15)21-13(20-8)9-11(18)16-17(12(9)19)7-4-2-1-3-5-7/h1-5H,15H2,(H,16,18). The van der Waals surface area contributed by atoms with E-state index in [4.69, 9.17) is 11.0 Å². The minimum atomic E-state index is -0.495. The van der Waals surface area contributed by atoms with Gasteiger partial charge in [0.2, 0.25) is 0 Å². The molecule has 2 heterocycles. The summed E-state index contributed by atoms with van der Waals surface area (Å²) in [7, 11) is 0. The summed E-state index contributed by atoms with van der Waals surface area (Å²) < 4.78 is 0.435. The van der Waals surface area contributed by atoms with Crippen LogP contribution in [-0.2, 0) is 9.59 Å². The summed E-state index contributed by atoms with van der Waals surface area (Å²) in [5.74, 6) is -0.945. The van der Waals surface area contributed by atoms with Gasteiger partial charge in [-0.15, -0.1) is 0 Å². The molecule has 2 aliphatic heterocycles. The van der Waals surface area contributed by atoms with Crippen LogP contribution in [0.4, 0.5) is 5.69 Å². The Balaban J connectivity index is 1.95. The third-order valence-electron chi connectivity index (χ3n) is 2.80. The Morgan fingerprint density at radius 2 is 1.90 bits per heavy atom. The minimum absolute atomic E-state index is 0.0158. The molecule has 0 aromatic heterocycles. The maximum Gasteiger partial charge on any atom is 0.284 e. The van der Waals surface area contributed by atoms with Gasteiger partial charge in [0.1, 0.15) is 16.5 Å². The normalized spacial score (nSPS) is 21.8. The van der Waals surface area contributed by atoms with Crippen LogP contribution in [0.25, 0.3) is 0 Å². The lowest BCUT2D eigenvalue weighted by atomic mass is 10.2. The number of hydrogen-bond acceptors (Lipinski definition) is 6. The zero-order valence-electron chi connectivity index (χ0n) is 10.5. The summed E-state index contributed by atoms with van der Waals surface area (Å²) >= 11 is 2.12. The first-order chi connectivity index (χ1) is 10.1. The number of nitrogens with one attached hydrogen (secondary N) is 1. The van der Waals surface area contributed by atoms with Crippen LogP contribution in [0.5, 0.6) is 0 Å². The van der Waals surface area contributed by atoms with Crippen molar-refractivity contribution in [2.45, 2.75) is 0 Å². The van der Waals surface area contributed by atoms with E-state index in [1.165, 1.54) is 5.01 Å². The molecule has 1 fully saturated rings. The number of allylic oxidation sites excluding steroid dienone is 1. The Labute approximate surface area is 128 Å². The summed E-state index contributed by atoms with van der Waals surface area (Å²) in [6.07, 6.45) is 0. The summed E-state index contributed by atoms with van der Waals surface area (Å²) in [5, 5.41) is 10.4. The number of carbonyl (C=O) groups is 2. The average Bonchev–Trinajstić information content (AvgIpc) is 2.99. The molecule has 1 aromatic carbocycles. The largest absolute Gasteiger partial charge is 0.392 e. The molecule has 1 aromatic rings. The molecular formula is C13H8N4O2S2. The number of nitrogens with two attached hydrogens (primary N) is 1. The Bertz CT molecular complexity index is 749. The van der Waals surface area contributed by atoms with Crippen molar-refractivity contribution < 1.29 is 9.59 Å². The van der Waals surface area contributed by atoms with E-state index in [2.05, 4.69) is 5.43 Å². The van der Waals surface area contributed by atoms with Crippen molar-refractivity contribution in [1.82, 2.24) is 5.43 Å². The number of nitriles is 1. The van der Waals surface area contributed by atoms with Gasteiger partial charge in [0.25, 0.3) is 11.8 Å². The first-order valence-electron chi connectivity index (χ1n) is 5.82. The lowest BCUT2D eigenvalue weighted by molar-refractivity contribution is -0.117. The minimum Gasteiger partial charge on any atom is -0.392 e. The van der Waals surface area contributed by atoms with E-state index in [9.17, 15) is 9.59 Å². The summed E-state index contributed by atoms with van der Waals surface area (Å²) in [4.78, 5) is 24.8. The van der Waals surface area contributed by atoms with Crippen LogP contribution in [0.2, 0.25) is 0 Å². The van der Waals surface area contributed by atoms with Crippen LogP contribution in [-0.4, -0.2) is 11.8 Å². The number of thioether (sulfide) groups is 2. The highest BCUT2D eigenvalue weighted by molar-refractivity contribution is 8.28. The third-order valence-corrected chi connectivity index (χ3v) is 5.15. The van der Waals surface area contributed by atoms with Gasteiger partial charge in [0, 0.05) is 0 Å². The molecule has 0 atom stereocenters. The highest BCUT2D eigenvalue weighted by Gasteiger charge is 2.39. The van der Waals surface area contributed by atoms with E-state index < -0.39 is 11.8 Å². The molecule has 0 spiro atoms. The molecule has 2 aliphatic rings. The zero-order chi connectivity index (χ0) is 15.0. The molecule has 8 heteroatoms. The fourth-order valence-electron chi connectivity index (χ4n) is 1.85. The molecule has 0 radical (unpaired) electrons. The van der Waals surface area contributed by atoms with Crippen LogP contribution in [0.1, 0.15) is 0 Å². The second-order valence-electron chi connectivity index (χ2n) is 4.09. The number of amides is 2. The van der Waals surface area contributed by atoms with Crippen LogP contribution < -0.4 is 16.2 Å². The van der Waals surface area contributed by atoms with Gasteiger partial charge >= 0.3 is 0 Å². The topological polar surface area (TPSA) is 99.2 Å². The van der Waals surface area contributed by atoms with Crippen LogP contribution >= 0.6 is 23.5 Å². The van der Waals surface area contributed by atoms with Crippen LogP contribution in [0.15, 0.2) is 50.1 Å². The summed E-state index contributed by atoms with van der Waals surface area (Å²) in [6.45, 7) is 0. The summed E-state index contributed by atoms with van der Waals surface area (Å²) in [6, 6.07) is 10.7. The zero-order valence-corrected chi connectivity index (χ0v) is 12.1. The van der Waals surface area contributed by atoms with Crippen molar-refractivity contribution in [3.05, 3.63) is 50.1 Å². The van der Waals surface area contributed by atoms with Gasteiger partial charge < -0.3 is 5.73 Å². The highest BCUT2D eigenvalue weighted by atomic mass is 32.2. The van der Waals surface area contributed by atoms with Gasteiger partial charge in [0.15, 0.2) is 0 Å². The smallest absolute Gasteiger partial charge is 0.284 e. The Morgan fingerprint density at radius 1 is 1.19 bits per heavy atom. The fraction of sp³-hybridized carbons (Fsp3) is 0. The number of para-hydroxylation sites is 1. The Hall–Kier alpha value is -2.37. The van der Waals surface area contributed by atoms with Gasteiger partial charge in [-0.1, -0.05) is 41.7 Å². The number of anilines is 1. The molecule has 0 saturated carbocycles. The van der Waals surface area contributed by atoms with E-state index in [-0.39, 0.29) is 5.57 Å². The molecule has 6 nitrogen and oxygen atoms in total. The lowest BCUT2D eigenvalue weighted by Gasteiger charge is -2.13. The van der Waals surface area contributed by atoms with E-state index >= 15 is 0 Å². The quantitative estimate of drug-likeness (QED) is 0.600. The Morgan fingerprint density at radius 3 is 2.52 bits per heavy atom. The second kappa shape index (κ2) is 5.20. The predicted molar refractivity (Wildman–Crippen MR) is 81.1 cm³/mol. The molecule has 21 heavy (non-hydrogen) atoms. The van der Waals surface area contributed by atoms with Gasteiger partial charge in [-0.25, -0.2) is 5.01 Å². The highest BCUT2D eigenvalue weighted by Crippen LogP contribution is 2.48. The summed E-state index contributed by atoms with van der Waals surface area (Å²) in [5.41, 5.74) is 8.79. The van der Waals surface area contributed by atoms with Crippen molar-refractivity contribution in [2.75, 3.05) is 5.01 Å². The molecule has 0 bridgehead atoms. The third kappa shape index (κ3) is 2.26. The molecule has 3 rings (SSSR count). The van der Waals surface area contributed by atoms with E-state index in [0.717, 1.165) is 23.5 Å². The molecule has 0 aliphatic carbocycles. The molecular weight excluding hydrogens is 308 g/mol. The monoisotopic (exact) mass is 316 g/mol. The number of benzene rings is 1. The molecule has 2 amide bonds. The molecule has 3 N–H and O–H groups in total. The van der Waals surface area contributed by atoms with Crippen LogP contribution in [0.3, 0.4) is 0 Å². The lowest BCUT2D eigenvalue weighted by Crippen LogP contribution is -2.35. The SMILES string of the molecule is N#CC1=C(N)SC(=C2C(=O)NN(c3ccccc3)C2=O)S1. The predicted octanol–water partition coefficient (Wildman–Crippen LogP) is 1.41. The van der Waals surface area contributed by atoms with Gasteiger partial charge in [0.05, 0.1) is 15.0 Å². The van der Waals surface area contributed by atoms with Crippen molar-refractivity contribution >= 4 is 41.0 Å². The molecule has 1 saturated heterocycles. The van der Waals surface area contributed by atoms with Crippen LogP contribution in [0, 0.1) is 11.3 Å². The fourth-order valence-corrected chi connectivity index (χ4v) is 4.02.